The number of hydrogen-bond donors (Lipinski definition) is 0. The minimum atomic E-state index is -0.661. The van der Waals surface area contributed by atoms with Gasteiger partial charge >= 0.3 is 0 Å². The van der Waals surface area contributed by atoms with Crippen molar-refractivity contribution in [2.45, 2.75) is 0 Å². The Kier molecular flexibility index (Phi) is 2.43. The lowest BCUT2D eigenvalue weighted by Crippen LogP contribution is -1.85. The van der Waals surface area contributed by atoms with E-state index in [4.69, 9.17) is 11.6 Å². The van der Waals surface area contributed by atoms with Crippen molar-refractivity contribution >= 4 is 23.1 Å². The molecule has 0 bridgehead atoms. The van der Waals surface area contributed by atoms with Gasteiger partial charge in [-0.05, 0) is 35.3 Å². The smallest absolute Gasteiger partial charge is 0.203 e. The van der Waals surface area contributed by atoms with E-state index in [-0.39, 0.29) is 15.9 Å². The molecule has 0 aliphatic rings. The van der Waals surface area contributed by atoms with Crippen LogP contribution in [0.25, 0.3) is 11.4 Å². The van der Waals surface area contributed by atoms with Crippen LogP contribution in [-0.4, -0.2) is 9.36 Å². The summed E-state index contributed by atoms with van der Waals surface area (Å²) in [5.74, 6) is -1.09. The van der Waals surface area contributed by atoms with Crippen LogP contribution in [0.15, 0.2) is 18.2 Å². The highest BCUT2D eigenvalue weighted by molar-refractivity contribution is 7.10. The van der Waals surface area contributed by atoms with Crippen molar-refractivity contribution < 1.29 is 8.78 Å². The van der Waals surface area contributed by atoms with Gasteiger partial charge in [-0.25, -0.2) is 13.8 Å². The standard InChI is InChI=1S/C8H3ClF2N2S/c9-8-12-7(13-14-8)4-1-5(10)3-6(11)2-4/h1-3H. The fourth-order valence-electron chi connectivity index (χ4n) is 1.01. The molecule has 0 saturated heterocycles. The van der Waals surface area contributed by atoms with Gasteiger partial charge in [0, 0.05) is 11.6 Å². The Balaban J connectivity index is 2.51. The van der Waals surface area contributed by atoms with Gasteiger partial charge in [-0.2, -0.15) is 4.37 Å². The zero-order valence-electron chi connectivity index (χ0n) is 6.67. The third kappa shape index (κ3) is 1.88. The van der Waals surface area contributed by atoms with Gasteiger partial charge in [-0.3, -0.25) is 0 Å². The summed E-state index contributed by atoms with van der Waals surface area (Å²) in [6.07, 6.45) is 0. The molecular formula is C8H3ClF2N2S. The predicted molar refractivity (Wildman–Crippen MR) is 50.3 cm³/mol. The minimum Gasteiger partial charge on any atom is -0.207 e. The summed E-state index contributed by atoms with van der Waals surface area (Å²) < 4.78 is 29.7. The van der Waals surface area contributed by atoms with E-state index in [9.17, 15) is 8.78 Å². The van der Waals surface area contributed by atoms with Gasteiger partial charge in [0.2, 0.25) is 4.47 Å². The average molecular weight is 233 g/mol. The third-order valence-electron chi connectivity index (χ3n) is 1.52. The molecule has 0 N–H and O–H groups in total. The van der Waals surface area contributed by atoms with Crippen LogP contribution in [0.3, 0.4) is 0 Å². The first kappa shape index (κ1) is 9.48. The Morgan fingerprint density at radius 3 is 2.29 bits per heavy atom. The summed E-state index contributed by atoms with van der Waals surface area (Å²) in [6.45, 7) is 0. The third-order valence-corrected chi connectivity index (χ3v) is 2.32. The molecule has 2 rings (SSSR count). The van der Waals surface area contributed by atoms with Gasteiger partial charge in [0.25, 0.3) is 0 Å². The summed E-state index contributed by atoms with van der Waals surface area (Å²) in [7, 11) is 0. The van der Waals surface area contributed by atoms with E-state index < -0.39 is 11.6 Å². The second kappa shape index (κ2) is 3.59. The summed E-state index contributed by atoms with van der Waals surface area (Å²) in [5.41, 5.74) is 0.283. The van der Waals surface area contributed by atoms with Gasteiger partial charge in [0.1, 0.15) is 11.6 Å². The van der Waals surface area contributed by atoms with Crippen molar-refractivity contribution in [3.05, 3.63) is 34.3 Å². The lowest BCUT2D eigenvalue weighted by Gasteiger charge is -1.95. The molecule has 0 atom stereocenters. The lowest BCUT2D eigenvalue weighted by atomic mass is 10.2. The zero-order valence-corrected chi connectivity index (χ0v) is 8.24. The van der Waals surface area contributed by atoms with E-state index in [1.165, 1.54) is 0 Å². The molecule has 0 unspecified atom stereocenters. The molecule has 0 amide bonds. The number of halogens is 3. The first-order valence-electron chi connectivity index (χ1n) is 3.61. The lowest BCUT2D eigenvalue weighted by molar-refractivity contribution is 0.584. The van der Waals surface area contributed by atoms with Crippen LogP contribution in [0.1, 0.15) is 0 Å². The van der Waals surface area contributed by atoms with Crippen LogP contribution >= 0.6 is 23.1 Å². The summed E-state index contributed by atoms with van der Waals surface area (Å²) in [6, 6.07) is 3.10. The van der Waals surface area contributed by atoms with E-state index in [0.29, 0.717) is 0 Å². The number of benzene rings is 1. The molecule has 6 heteroatoms. The highest BCUT2D eigenvalue weighted by Crippen LogP contribution is 2.22. The molecule has 1 aromatic carbocycles. The summed E-state index contributed by atoms with van der Waals surface area (Å²) in [5, 5.41) is 0. The number of nitrogens with zero attached hydrogens (tertiary/aromatic N) is 2. The zero-order chi connectivity index (χ0) is 10.1. The SMILES string of the molecule is Fc1cc(F)cc(-c2nsc(Cl)n2)c1. The second-order valence-electron chi connectivity index (χ2n) is 2.53. The Morgan fingerprint density at radius 1 is 1.14 bits per heavy atom. The van der Waals surface area contributed by atoms with Gasteiger partial charge in [-0.15, -0.1) is 0 Å². The van der Waals surface area contributed by atoms with Crippen molar-refractivity contribution in [3.8, 4) is 11.4 Å². The van der Waals surface area contributed by atoms with Crippen molar-refractivity contribution in [2.75, 3.05) is 0 Å². The van der Waals surface area contributed by atoms with Gasteiger partial charge in [0.15, 0.2) is 5.82 Å². The minimum absolute atomic E-state index is 0.235. The Labute approximate surface area is 87.3 Å². The molecule has 1 aromatic heterocycles. The molecule has 0 aliphatic heterocycles. The van der Waals surface area contributed by atoms with Crippen molar-refractivity contribution in [1.82, 2.24) is 9.36 Å². The molecule has 0 saturated carbocycles. The fraction of sp³-hybridized carbons (Fsp3) is 0. The molecule has 0 aliphatic carbocycles. The molecule has 1 heterocycles. The maximum Gasteiger partial charge on any atom is 0.203 e. The van der Waals surface area contributed by atoms with Gasteiger partial charge in [0.05, 0.1) is 0 Å². The van der Waals surface area contributed by atoms with E-state index in [1.807, 2.05) is 0 Å². The van der Waals surface area contributed by atoms with Crippen LogP contribution in [0, 0.1) is 11.6 Å². The molecule has 0 fully saturated rings. The van der Waals surface area contributed by atoms with Crippen LogP contribution in [0.5, 0.6) is 0 Å². The fourth-order valence-corrected chi connectivity index (χ4v) is 1.62. The molecule has 72 valence electrons. The van der Waals surface area contributed by atoms with Crippen LogP contribution in [0.4, 0.5) is 8.78 Å². The van der Waals surface area contributed by atoms with E-state index in [1.54, 1.807) is 0 Å². The normalized spacial score (nSPS) is 10.5. The molecule has 14 heavy (non-hydrogen) atoms. The first-order valence-corrected chi connectivity index (χ1v) is 4.76. The summed E-state index contributed by atoms with van der Waals surface area (Å²) in [4.78, 5) is 3.80. The van der Waals surface area contributed by atoms with Crippen molar-refractivity contribution in [2.24, 2.45) is 0 Å². The Bertz CT molecular complexity index is 452. The quantitative estimate of drug-likeness (QED) is 0.755. The van der Waals surface area contributed by atoms with Gasteiger partial charge < -0.3 is 0 Å². The largest absolute Gasteiger partial charge is 0.207 e. The molecule has 2 aromatic rings. The number of aromatic nitrogens is 2. The monoisotopic (exact) mass is 232 g/mol. The maximum atomic E-state index is 12.8. The summed E-state index contributed by atoms with van der Waals surface area (Å²) >= 11 is 6.52. The van der Waals surface area contributed by atoms with Gasteiger partial charge in [-0.1, -0.05) is 0 Å². The highest BCUT2D eigenvalue weighted by atomic mass is 35.5. The predicted octanol–water partition coefficient (Wildman–Crippen LogP) is 3.14. The van der Waals surface area contributed by atoms with E-state index in [0.717, 1.165) is 29.7 Å². The number of hydrogen-bond acceptors (Lipinski definition) is 3. The first-order chi connectivity index (χ1) is 6.65. The van der Waals surface area contributed by atoms with E-state index in [2.05, 4.69) is 9.36 Å². The Hall–Kier alpha value is -1.07. The topological polar surface area (TPSA) is 25.8 Å². The van der Waals surface area contributed by atoms with E-state index >= 15 is 0 Å². The average Bonchev–Trinajstić information content (AvgIpc) is 2.50. The maximum absolute atomic E-state index is 12.8. The van der Waals surface area contributed by atoms with Crippen LogP contribution in [0.2, 0.25) is 4.47 Å². The van der Waals surface area contributed by atoms with Crippen LogP contribution in [-0.2, 0) is 0 Å². The Morgan fingerprint density at radius 2 is 1.79 bits per heavy atom. The molecule has 0 spiro atoms. The molecular weight excluding hydrogens is 230 g/mol. The van der Waals surface area contributed by atoms with Crippen molar-refractivity contribution in [3.63, 3.8) is 0 Å². The number of rotatable bonds is 1. The molecule has 0 radical (unpaired) electrons. The van der Waals surface area contributed by atoms with Crippen LogP contribution < -0.4 is 0 Å². The molecule has 2 nitrogen and oxygen atoms in total. The highest BCUT2D eigenvalue weighted by Gasteiger charge is 2.07. The van der Waals surface area contributed by atoms with Crippen molar-refractivity contribution in [1.29, 1.82) is 0 Å². The second-order valence-corrected chi connectivity index (χ2v) is 3.86.